The highest BCUT2D eigenvalue weighted by Gasteiger charge is 2.25. The second kappa shape index (κ2) is 7.89. The van der Waals surface area contributed by atoms with Gasteiger partial charge < -0.3 is 10.1 Å². The fraction of sp³-hybridized carbons (Fsp3) is 0.304. The number of nitrogens with zero attached hydrogens (tertiary/aromatic N) is 2. The predicted molar refractivity (Wildman–Crippen MR) is 108 cm³/mol. The Morgan fingerprint density at radius 1 is 1.25 bits per heavy atom. The van der Waals surface area contributed by atoms with Gasteiger partial charge in [-0.15, -0.1) is 0 Å². The van der Waals surface area contributed by atoms with Crippen LogP contribution in [0.3, 0.4) is 0 Å². The van der Waals surface area contributed by atoms with Crippen LogP contribution in [0.5, 0.6) is 5.75 Å². The summed E-state index contributed by atoms with van der Waals surface area (Å²) < 4.78 is 7.80. The van der Waals surface area contributed by atoms with Gasteiger partial charge in [0, 0.05) is 23.9 Å². The number of hydrogen-bond acceptors (Lipinski definition) is 3. The predicted octanol–water partition coefficient (Wildman–Crippen LogP) is 4.11. The molecule has 1 atom stereocenters. The van der Waals surface area contributed by atoms with Gasteiger partial charge in [-0.2, -0.15) is 5.10 Å². The van der Waals surface area contributed by atoms with E-state index in [1.54, 1.807) is 6.07 Å². The molecule has 5 heteroatoms. The molecule has 2 aromatic carbocycles. The molecule has 1 aliphatic rings. The smallest absolute Gasteiger partial charge is 0.251 e. The van der Waals surface area contributed by atoms with Gasteiger partial charge >= 0.3 is 0 Å². The number of carbonyl (C=O) groups is 1. The van der Waals surface area contributed by atoms with Gasteiger partial charge in [0.25, 0.3) is 5.91 Å². The van der Waals surface area contributed by atoms with Crippen molar-refractivity contribution >= 4 is 5.91 Å². The quantitative estimate of drug-likeness (QED) is 0.730. The number of ether oxygens (including phenoxy) is 1. The highest BCUT2D eigenvalue weighted by molar-refractivity contribution is 5.94. The first-order valence-corrected chi connectivity index (χ1v) is 9.70. The lowest BCUT2D eigenvalue weighted by atomic mass is 9.93. The molecule has 0 radical (unpaired) electrons. The number of nitrogens with one attached hydrogen (secondary N) is 1. The average molecular weight is 375 g/mol. The van der Waals surface area contributed by atoms with Gasteiger partial charge in [-0.05, 0) is 49.9 Å². The molecule has 0 saturated heterocycles. The Hall–Kier alpha value is -3.08. The van der Waals surface area contributed by atoms with Crippen LogP contribution in [-0.4, -0.2) is 15.7 Å². The standard InChI is InChI=1S/C23H25N3O2/c1-16-6-3-7-17(12-16)15-28-19-9-4-8-18(13-19)23(27)25-21-10-5-11-22-20(21)14-24-26(22)2/h3-4,6-9,12-14,21H,5,10-11,15H2,1-2H3,(H,25,27). The van der Waals surface area contributed by atoms with E-state index >= 15 is 0 Å². The van der Waals surface area contributed by atoms with Crippen LogP contribution in [0.2, 0.25) is 0 Å². The van der Waals surface area contributed by atoms with Gasteiger partial charge in [0.15, 0.2) is 0 Å². The monoisotopic (exact) mass is 375 g/mol. The van der Waals surface area contributed by atoms with Gasteiger partial charge in [-0.3, -0.25) is 9.48 Å². The van der Waals surface area contributed by atoms with Crippen LogP contribution in [-0.2, 0) is 20.1 Å². The van der Waals surface area contributed by atoms with Crippen molar-refractivity contribution in [1.82, 2.24) is 15.1 Å². The number of hydrogen-bond donors (Lipinski definition) is 1. The minimum absolute atomic E-state index is 0.0156. The zero-order chi connectivity index (χ0) is 19.5. The highest BCUT2D eigenvalue weighted by atomic mass is 16.5. The molecular formula is C23H25N3O2. The molecule has 1 aromatic heterocycles. The molecule has 28 heavy (non-hydrogen) atoms. The second-order valence-electron chi connectivity index (χ2n) is 7.39. The maximum Gasteiger partial charge on any atom is 0.251 e. The summed E-state index contributed by atoms with van der Waals surface area (Å²) >= 11 is 0. The Kier molecular flexibility index (Phi) is 5.15. The Balaban J connectivity index is 1.43. The number of aromatic nitrogens is 2. The topological polar surface area (TPSA) is 56.1 Å². The molecule has 0 spiro atoms. The first-order valence-electron chi connectivity index (χ1n) is 9.70. The Labute approximate surface area is 165 Å². The second-order valence-corrected chi connectivity index (χ2v) is 7.39. The molecule has 5 nitrogen and oxygen atoms in total. The van der Waals surface area contributed by atoms with E-state index in [1.165, 1.54) is 11.3 Å². The average Bonchev–Trinajstić information content (AvgIpc) is 3.09. The summed E-state index contributed by atoms with van der Waals surface area (Å²) in [6.07, 6.45) is 4.88. The third kappa shape index (κ3) is 3.93. The number of benzene rings is 2. The SMILES string of the molecule is Cc1cccc(COc2cccc(C(=O)NC3CCCc4c3cnn4C)c2)c1. The van der Waals surface area contributed by atoms with Crippen molar-refractivity contribution in [2.24, 2.45) is 7.05 Å². The molecule has 3 aromatic rings. The van der Waals surface area contributed by atoms with Gasteiger partial charge in [-0.1, -0.05) is 35.9 Å². The van der Waals surface area contributed by atoms with E-state index in [0.717, 1.165) is 30.4 Å². The van der Waals surface area contributed by atoms with E-state index in [4.69, 9.17) is 4.74 Å². The summed E-state index contributed by atoms with van der Waals surface area (Å²) in [4.78, 5) is 12.8. The summed E-state index contributed by atoms with van der Waals surface area (Å²) in [7, 11) is 1.96. The van der Waals surface area contributed by atoms with E-state index in [1.807, 2.05) is 48.3 Å². The number of aryl methyl sites for hydroxylation is 2. The molecule has 0 bridgehead atoms. The molecule has 1 N–H and O–H groups in total. The molecule has 1 unspecified atom stereocenters. The fourth-order valence-corrected chi connectivity index (χ4v) is 3.79. The van der Waals surface area contributed by atoms with Crippen LogP contribution in [0.4, 0.5) is 0 Å². The van der Waals surface area contributed by atoms with E-state index in [-0.39, 0.29) is 11.9 Å². The molecule has 0 fully saturated rings. The summed E-state index contributed by atoms with van der Waals surface area (Å²) in [6, 6.07) is 15.6. The molecule has 0 aliphatic heterocycles. The Bertz CT molecular complexity index is 993. The van der Waals surface area contributed by atoms with Crippen LogP contribution in [0, 0.1) is 6.92 Å². The van der Waals surface area contributed by atoms with E-state index in [0.29, 0.717) is 17.9 Å². The van der Waals surface area contributed by atoms with Gasteiger partial charge in [0.1, 0.15) is 12.4 Å². The summed E-state index contributed by atoms with van der Waals surface area (Å²) in [5, 5.41) is 7.51. The molecule has 0 saturated carbocycles. The van der Waals surface area contributed by atoms with Crippen LogP contribution >= 0.6 is 0 Å². The Morgan fingerprint density at radius 3 is 2.96 bits per heavy atom. The van der Waals surface area contributed by atoms with Crippen molar-refractivity contribution in [3.05, 3.63) is 82.7 Å². The van der Waals surface area contributed by atoms with Crippen molar-refractivity contribution in [3.8, 4) is 5.75 Å². The van der Waals surface area contributed by atoms with Crippen molar-refractivity contribution in [2.75, 3.05) is 0 Å². The third-order valence-electron chi connectivity index (χ3n) is 5.27. The van der Waals surface area contributed by atoms with Gasteiger partial charge in [0.2, 0.25) is 0 Å². The normalized spacial score (nSPS) is 15.7. The van der Waals surface area contributed by atoms with Gasteiger partial charge in [0.05, 0.1) is 12.2 Å². The first kappa shape index (κ1) is 18.3. The van der Waals surface area contributed by atoms with Crippen molar-refractivity contribution in [2.45, 2.75) is 38.8 Å². The van der Waals surface area contributed by atoms with Crippen molar-refractivity contribution in [1.29, 1.82) is 0 Å². The molecule has 1 heterocycles. The first-order chi connectivity index (χ1) is 13.6. The Morgan fingerprint density at radius 2 is 2.11 bits per heavy atom. The number of rotatable bonds is 5. The van der Waals surface area contributed by atoms with Crippen LogP contribution in [0.15, 0.2) is 54.7 Å². The third-order valence-corrected chi connectivity index (χ3v) is 5.27. The lowest BCUT2D eigenvalue weighted by molar-refractivity contribution is 0.0932. The summed E-state index contributed by atoms with van der Waals surface area (Å²) in [5.74, 6) is 0.613. The minimum Gasteiger partial charge on any atom is -0.489 e. The van der Waals surface area contributed by atoms with E-state index in [2.05, 4.69) is 29.5 Å². The number of carbonyl (C=O) groups excluding carboxylic acids is 1. The lowest BCUT2D eigenvalue weighted by Crippen LogP contribution is -2.30. The van der Waals surface area contributed by atoms with Crippen molar-refractivity contribution in [3.63, 3.8) is 0 Å². The van der Waals surface area contributed by atoms with E-state index in [9.17, 15) is 4.79 Å². The number of fused-ring (bicyclic) bond motifs is 1. The highest BCUT2D eigenvalue weighted by Crippen LogP contribution is 2.29. The minimum atomic E-state index is -0.0808. The fourth-order valence-electron chi connectivity index (χ4n) is 3.79. The summed E-state index contributed by atoms with van der Waals surface area (Å²) in [6.45, 7) is 2.54. The number of amides is 1. The maximum absolute atomic E-state index is 12.8. The van der Waals surface area contributed by atoms with E-state index < -0.39 is 0 Å². The van der Waals surface area contributed by atoms with Crippen LogP contribution in [0.25, 0.3) is 0 Å². The molecule has 144 valence electrons. The maximum atomic E-state index is 12.8. The summed E-state index contributed by atoms with van der Waals surface area (Å²) in [5.41, 5.74) is 5.27. The zero-order valence-electron chi connectivity index (χ0n) is 16.3. The molecule has 1 amide bonds. The lowest BCUT2D eigenvalue weighted by Gasteiger charge is -2.24. The van der Waals surface area contributed by atoms with Crippen LogP contribution < -0.4 is 10.1 Å². The molecular weight excluding hydrogens is 350 g/mol. The van der Waals surface area contributed by atoms with Gasteiger partial charge in [-0.25, -0.2) is 0 Å². The molecule has 4 rings (SSSR count). The zero-order valence-corrected chi connectivity index (χ0v) is 16.3. The molecule has 1 aliphatic carbocycles. The van der Waals surface area contributed by atoms with Crippen LogP contribution in [0.1, 0.15) is 51.6 Å². The van der Waals surface area contributed by atoms with Crippen molar-refractivity contribution < 1.29 is 9.53 Å². The largest absolute Gasteiger partial charge is 0.489 e.